The topological polar surface area (TPSA) is 85.5 Å². The minimum atomic E-state index is -0.0336. The van der Waals surface area contributed by atoms with Gasteiger partial charge >= 0.3 is 0 Å². The van der Waals surface area contributed by atoms with Gasteiger partial charge < -0.3 is 24.5 Å². The van der Waals surface area contributed by atoms with Gasteiger partial charge in [-0.25, -0.2) is 0 Å². The molecule has 2 N–H and O–H groups in total. The first-order chi connectivity index (χ1) is 13.4. The summed E-state index contributed by atoms with van der Waals surface area (Å²) in [5.41, 5.74) is 1.60. The number of carbonyl (C=O) groups is 1. The zero-order chi connectivity index (χ0) is 20.1. The average Bonchev–Trinajstić information content (AvgIpc) is 3.02. The molecule has 0 radical (unpaired) electrons. The molecule has 1 aromatic carbocycles. The summed E-state index contributed by atoms with van der Waals surface area (Å²) in [5.74, 6) is 0.592. The summed E-state index contributed by atoms with van der Waals surface area (Å²) in [6, 6.07) is 4.16. The Labute approximate surface area is 170 Å². The highest BCUT2D eigenvalue weighted by Crippen LogP contribution is 2.31. The predicted octanol–water partition coefficient (Wildman–Crippen LogP) is 3.85. The Morgan fingerprint density at radius 2 is 2.04 bits per heavy atom. The molecule has 28 heavy (non-hydrogen) atoms. The van der Waals surface area contributed by atoms with Crippen molar-refractivity contribution in [2.24, 2.45) is 0 Å². The normalized spacial score (nSPS) is 20.7. The van der Waals surface area contributed by atoms with Gasteiger partial charge in [0.1, 0.15) is 11.9 Å². The number of nitrogens with zero attached hydrogens (tertiary/aromatic N) is 1. The highest BCUT2D eigenvalue weighted by atomic mass is 35.5. The zero-order valence-corrected chi connectivity index (χ0v) is 17.3. The van der Waals surface area contributed by atoms with Crippen molar-refractivity contribution < 1.29 is 19.0 Å². The van der Waals surface area contributed by atoms with Gasteiger partial charge in [0.15, 0.2) is 0 Å². The van der Waals surface area contributed by atoms with E-state index in [-0.39, 0.29) is 24.2 Å². The molecule has 0 aliphatic heterocycles. The van der Waals surface area contributed by atoms with E-state index in [9.17, 15) is 4.79 Å². The molecule has 0 saturated heterocycles. The van der Waals surface area contributed by atoms with Gasteiger partial charge in [0, 0.05) is 19.0 Å². The van der Waals surface area contributed by atoms with Crippen molar-refractivity contribution in [2.75, 3.05) is 13.2 Å². The van der Waals surface area contributed by atoms with Gasteiger partial charge in [0.2, 0.25) is 5.91 Å². The summed E-state index contributed by atoms with van der Waals surface area (Å²) in [7, 11) is 0. The Bertz CT molecular complexity index is 802. The van der Waals surface area contributed by atoms with Crippen LogP contribution in [0.4, 0.5) is 0 Å². The van der Waals surface area contributed by atoms with Gasteiger partial charge in [-0.15, -0.1) is 0 Å². The second-order valence-electron chi connectivity index (χ2n) is 7.23. The largest absolute Gasteiger partial charge is 0.492 e. The molecule has 1 fully saturated rings. The number of halogens is 1. The van der Waals surface area contributed by atoms with Gasteiger partial charge in [-0.2, -0.15) is 4.98 Å². The molecule has 7 nitrogen and oxygen atoms in total. The van der Waals surface area contributed by atoms with Crippen LogP contribution in [0.25, 0.3) is 11.0 Å². The quantitative estimate of drug-likeness (QED) is 0.691. The lowest BCUT2D eigenvalue weighted by molar-refractivity contribution is -0.120. The Morgan fingerprint density at radius 1 is 1.32 bits per heavy atom. The third-order valence-corrected chi connectivity index (χ3v) is 5.04. The second-order valence-corrected chi connectivity index (χ2v) is 7.63. The number of carbonyl (C=O) groups excluding carboxylic acids is 1. The summed E-state index contributed by atoms with van der Waals surface area (Å²) >= 11 is 6.23. The maximum absolute atomic E-state index is 11.0. The molecule has 0 bridgehead atoms. The number of benzene rings is 1. The van der Waals surface area contributed by atoms with E-state index in [0.29, 0.717) is 30.0 Å². The van der Waals surface area contributed by atoms with Crippen molar-refractivity contribution >= 4 is 28.5 Å². The number of rotatable bonds is 8. The number of aromatic nitrogens is 2. The van der Waals surface area contributed by atoms with Crippen LogP contribution in [0.1, 0.15) is 46.5 Å². The fourth-order valence-corrected chi connectivity index (χ4v) is 3.67. The number of hydrogen-bond acceptors (Lipinski definition) is 5. The molecule has 1 saturated carbocycles. The van der Waals surface area contributed by atoms with Crippen LogP contribution in [0.15, 0.2) is 12.1 Å². The summed E-state index contributed by atoms with van der Waals surface area (Å²) in [6.45, 7) is 6.46. The molecule has 0 spiro atoms. The van der Waals surface area contributed by atoms with Crippen LogP contribution in [0.5, 0.6) is 11.8 Å². The van der Waals surface area contributed by atoms with Gasteiger partial charge in [-0.05, 0) is 45.6 Å². The van der Waals surface area contributed by atoms with E-state index >= 15 is 0 Å². The van der Waals surface area contributed by atoms with Gasteiger partial charge in [-0.3, -0.25) is 4.79 Å². The monoisotopic (exact) mass is 409 g/mol. The number of amides is 1. The lowest BCUT2D eigenvalue weighted by atomic mass is 9.95. The third kappa shape index (κ3) is 5.52. The van der Waals surface area contributed by atoms with Crippen molar-refractivity contribution in [3.63, 3.8) is 0 Å². The molecule has 0 unspecified atom stereocenters. The molecule has 8 heteroatoms. The van der Waals surface area contributed by atoms with E-state index in [4.69, 9.17) is 25.8 Å². The molecule has 1 atom stereocenters. The van der Waals surface area contributed by atoms with Crippen molar-refractivity contribution in [3.05, 3.63) is 17.2 Å². The Kier molecular flexibility index (Phi) is 7.02. The number of fused-ring (bicyclic) bond motifs is 1. The molecule has 1 aromatic heterocycles. The number of ether oxygens (including phenoxy) is 3. The summed E-state index contributed by atoms with van der Waals surface area (Å²) in [4.78, 5) is 18.7. The molecule has 154 valence electrons. The highest BCUT2D eigenvalue weighted by Gasteiger charge is 2.24. The fraction of sp³-hybridized carbons (Fsp3) is 0.600. The van der Waals surface area contributed by atoms with Crippen molar-refractivity contribution in [2.45, 2.75) is 64.7 Å². The molecule has 3 rings (SSSR count). The van der Waals surface area contributed by atoms with E-state index in [1.165, 1.54) is 6.92 Å². The summed E-state index contributed by atoms with van der Waals surface area (Å²) in [6.07, 6.45) is 3.98. The number of H-pyrrole nitrogens is 1. The molecular weight excluding hydrogens is 382 g/mol. The van der Waals surface area contributed by atoms with Gasteiger partial charge in [0.05, 0.1) is 35.4 Å². The lowest BCUT2D eigenvalue weighted by Crippen LogP contribution is -2.36. The maximum Gasteiger partial charge on any atom is 0.294 e. The van der Waals surface area contributed by atoms with Crippen LogP contribution >= 0.6 is 11.6 Å². The number of aromatic amines is 1. The maximum atomic E-state index is 11.0. The molecule has 2 aromatic rings. The van der Waals surface area contributed by atoms with E-state index < -0.39 is 0 Å². The first-order valence-corrected chi connectivity index (χ1v) is 10.2. The minimum absolute atomic E-state index is 0.0235. The zero-order valence-electron chi connectivity index (χ0n) is 16.6. The minimum Gasteiger partial charge on any atom is -0.492 e. The first-order valence-electron chi connectivity index (χ1n) is 9.82. The van der Waals surface area contributed by atoms with Crippen LogP contribution in [-0.2, 0) is 9.53 Å². The van der Waals surface area contributed by atoms with Gasteiger partial charge in [-0.1, -0.05) is 11.6 Å². The van der Waals surface area contributed by atoms with Crippen molar-refractivity contribution in [1.29, 1.82) is 0 Å². The van der Waals surface area contributed by atoms with Crippen LogP contribution in [0.2, 0.25) is 5.02 Å². The predicted molar refractivity (Wildman–Crippen MR) is 108 cm³/mol. The number of nitrogens with one attached hydrogen (secondary N) is 2. The van der Waals surface area contributed by atoms with E-state index in [2.05, 4.69) is 15.3 Å². The molecule has 1 amide bonds. The Balaban J connectivity index is 1.50. The SMILES string of the molecule is CCOc1cc2nc(OC3CCC(OC[C@H](C)NC(C)=O)CC3)[nH]c2cc1Cl. The first kappa shape index (κ1) is 20.7. The lowest BCUT2D eigenvalue weighted by Gasteiger charge is -2.29. The van der Waals surface area contributed by atoms with E-state index in [0.717, 1.165) is 36.7 Å². The van der Waals surface area contributed by atoms with E-state index in [1.54, 1.807) is 0 Å². The highest BCUT2D eigenvalue weighted by molar-refractivity contribution is 6.32. The van der Waals surface area contributed by atoms with Gasteiger partial charge in [0.25, 0.3) is 6.01 Å². The van der Waals surface area contributed by atoms with Crippen molar-refractivity contribution in [3.8, 4) is 11.8 Å². The summed E-state index contributed by atoms with van der Waals surface area (Å²) < 4.78 is 17.5. The standard InChI is InChI=1S/C20H28ClN3O4/c1-4-26-19-10-18-17(9-16(19)21)23-20(24-18)28-15-7-5-14(6-8-15)27-11-12(2)22-13(3)25/h9-10,12,14-15H,4-8,11H2,1-3H3,(H,22,25)(H,23,24)/t12-,14?,15?/m0/s1. The number of imidazole rings is 1. The third-order valence-electron chi connectivity index (χ3n) is 4.74. The average molecular weight is 410 g/mol. The van der Waals surface area contributed by atoms with Crippen LogP contribution in [0.3, 0.4) is 0 Å². The smallest absolute Gasteiger partial charge is 0.294 e. The Morgan fingerprint density at radius 3 is 2.71 bits per heavy atom. The van der Waals surface area contributed by atoms with Crippen LogP contribution in [-0.4, -0.2) is 47.3 Å². The molecule has 1 aliphatic rings. The summed E-state index contributed by atoms with van der Waals surface area (Å²) in [5, 5.41) is 3.38. The van der Waals surface area contributed by atoms with E-state index in [1.807, 2.05) is 26.0 Å². The molecular formula is C20H28ClN3O4. The molecule has 1 aliphatic carbocycles. The van der Waals surface area contributed by atoms with Crippen LogP contribution < -0.4 is 14.8 Å². The second kappa shape index (κ2) is 9.47. The van der Waals surface area contributed by atoms with Crippen LogP contribution in [0, 0.1) is 0 Å². The fourth-order valence-electron chi connectivity index (χ4n) is 3.45. The number of hydrogen-bond donors (Lipinski definition) is 2. The molecule has 1 heterocycles. The Hall–Kier alpha value is -1.99. The van der Waals surface area contributed by atoms with Crippen molar-refractivity contribution in [1.82, 2.24) is 15.3 Å².